The van der Waals surface area contributed by atoms with Crippen molar-refractivity contribution in [1.82, 2.24) is 5.32 Å². The minimum atomic E-state index is -0.330. The Morgan fingerprint density at radius 3 is 3.00 bits per heavy atom. The van der Waals surface area contributed by atoms with Crippen LogP contribution in [0, 0.1) is 12.7 Å². The van der Waals surface area contributed by atoms with E-state index >= 15 is 0 Å². The number of rotatable bonds is 2. The van der Waals surface area contributed by atoms with Crippen molar-refractivity contribution in [1.29, 1.82) is 0 Å². The van der Waals surface area contributed by atoms with Gasteiger partial charge in [-0.15, -0.1) is 0 Å². The third-order valence-electron chi connectivity index (χ3n) is 3.50. The molecule has 2 unspecified atom stereocenters. The number of halogens is 1. The molecule has 3 nitrogen and oxygen atoms in total. The number of hydrogen-bond donors (Lipinski definition) is 2. The molecule has 3 N–H and O–H groups in total. The highest BCUT2D eigenvalue weighted by molar-refractivity contribution is 5.80. The molecule has 1 aliphatic rings. The van der Waals surface area contributed by atoms with Crippen LogP contribution >= 0.6 is 0 Å². The number of hydrogen-bond acceptors (Lipinski definition) is 2. The number of piperidine rings is 1. The highest BCUT2D eigenvalue weighted by Crippen LogP contribution is 2.30. The van der Waals surface area contributed by atoms with Gasteiger partial charge < -0.3 is 11.1 Å². The van der Waals surface area contributed by atoms with Gasteiger partial charge in [-0.05, 0) is 49.4 Å². The smallest absolute Gasteiger partial charge is 0.234 e. The normalized spacial score (nSPS) is 24.6. The van der Waals surface area contributed by atoms with Crippen molar-refractivity contribution in [2.75, 3.05) is 6.54 Å². The van der Waals surface area contributed by atoms with Gasteiger partial charge in [0.1, 0.15) is 5.82 Å². The number of amides is 1. The molecule has 2 rings (SSSR count). The largest absolute Gasteiger partial charge is 0.368 e. The Labute approximate surface area is 100 Å². The van der Waals surface area contributed by atoms with Crippen molar-refractivity contribution in [3.63, 3.8) is 0 Å². The van der Waals surface area contributed by atoms with E-state index in [0.29, 0.717) is 12.0 Å². The summed E-state index contributed by atoms with van der Waals surface area (Å²) in [5.74, 6) is -0.301. The second kappa shape index (κ2) is 4.84. The summed E-state index contributed by atoms with van der Waals surface area (Å²) in [6.45, 7) is 2.53. The maximum atomic E-state index is 13.5. The molecule has 4 heteroatoms. The maximum Gasteiger partial charge on any atom is 0.234 e. The summed E-state index contributed by atoms with van der Waals surface area (Å²) >= 11 is 0. The monoisotopic (exact) mass is 236 g/mol. The summed E-state index contributed by atoms with van der Waals surface area (Å²) in [6.07, 6.45) is 1.56. The van der Waals surface area contributed by atoms with Gasteiger partial charge in [-0.3, -0.25) is 4.79 Å². The zero-order chi connectivity index (χ0) is 12.4. The van der Waals surface area contributed by atoms with Gasteiger partial charge in [-0.1, -0.05) is 12.1 Å². The van der Waals surface area contributed by atoms with Gasteiger partial charge >= 0.3 is 0 Å². The summed E-state index contributed by atoms with van der Waals surface area (Å²) in [7, 11) is 0. The van der Waals surface area contributed by atoms with E-state index in [-0.39, 0.29) is 23.7 Å². The average Bonchev–Trinajstić information content (AvgIpc) is 2.33. The van der Waals surface area contributed by atoms with Crippen LogP contribution in [-0.2, 0) is 4.79 Å². The zero-order valence-electron chi connectivity index (χ0n) is 9.87. The molecule has 0 radical (unpaired) electrons. The van der Waals surface area contributed by atoms with Crippen molar-refractivity contribution >= 4 is 5.91 Å². The lowest BCUT2D eigenvalue weighted by Crippen LogP contribution is -2.46. The SMILES string of the molecule is Cc1c(F)cccc1C1CCNC(C(N)=O)C1. The van der Waals surface area contributed by atoms with Crippen molar-refractivity contribution < 1.29 is 9.18 Å². The van der Waals surface area contributed by atoms with Gasteiger partial charge in [0.05, 0.1) is 6.04 Å². The first-order valence-corrected chi connectivity index (χ1v) is 5.87. The lowest BCUT2D eigenvalue weighted by Gasteiger charge is -2.29. The molecule has 0 aliphatic carbocycles. The third-order valence-corrected chi connectivity index (χ3v) is 3.50. The van der Waals surface area contributed by atoms with Gasteiger partial charge in [-0.2, -0.15) is 0 Å². The van der Waals surface area contributed by atoms with Crippen LogP contribution < -0.4 is 11.1 Å². The Hall–Kier alpha value is -1.42. The van der Waals surface area contributed by atoms with Crippen LogP contribution in [0.3, 0.4) is 0 Å². The summed E-state index contributed by atoms with van der Waals surface area (Å²) in [5, 5.41) is 3.08. The molecule has 0 spiro atoms. The van der Waals surface area contributed by atoms with Crippen molar-refractivity contribution in [2.24, 2.45) is 5.73 Å². The highest BCUT2D eigenvalue weighted by Gasteiger charge is 2.27. The topological polar surface area (TPSA) is 55.1 Å². The molecule has 92 valence electrons. The second-order valence-electron chi connectivity index (χ2n) is 4.58. The van der Waals surface area contributed by atoms with E-state index in [1.807, 2.05) is 6.07 Å². The van der Waals surface area contributed by atoms with Gasteiger partial charge in [-0.25, -0.2) is 4.39 Å². The quantitative estimate of drug-likeness (QED) is 0.816. The van der Waals surface area contributed by atoms with E-state index in [9.17, 15) is 9.18 Å². The minimum absolute atomic E-state index is 0.184. The van der Waals surface area contributed by atoms with Crippen LogP contribution in [-0.4, -0.2) is 18.5 Å². The fourth-order valence-corrected chi connectivity index (χ4v) is 2.48. The van der Waals surface area contributed by atoms with E-state index in [1.165, 1.54) is 6.07 Å². The van der Waals surface area contributed by atoms with Gasteiger partial charge in [0, 0.05) is 0 Å². The average molecular weight is 236 g/mol. The number of carbonyl (C=O) groups excluding carboxylic acids is 1. The Morgan fingerprint density at radius 2 is 2.29 bits per heavy atom. The van der Waals surface area contributed by atoms with Gasteiger partial charge in [0.2, 0.25) is 5.91 Å². The van der Waals surface area contributed by atoms with E-state index in [0.717, 1.165) is 18.5 Å². The first-order valence-electron chi connectivity index (χ1n) is 5.87. The molecule has 1 aromatic rings. The molecule has 1 amide bonds. The molecule has 17 heavy (non-hydrogen) atoms. The Bertz CT molecular complexity index is 433. The summed E-state index contributed by atoms with van der Waals surface area (Å²) in [5.41, 5.74) is 6.98. The van der Waals surface area contributed by atoms with Gasteiger partial charge in [0.25, 0.3) is 0 Å². The van der Waals surface area contributed by atoms with Gasteiger partial charge in [0.15, 0.2) is 0 Å². The molecule has 1 aliphatic heterocycles. The molecule has 1 saturated heterocycles. The minimum Gasteiger partial charge on any atom is -0.368 e. The molecule has 1 fully saturated rings. The fraction of sp³-hybridized carbons (Fsp3) is 0.462. The Morgan fingerprint density at radius 1 is 1.53 bits per heavy atom. The van der Waals surface area contributed by atoms with E-state index < -0.39 is 0 Å². The molecular formula is C13H17FN2O. The molecule has 1 aromatic carbocycles. The van der Waals surface area contributed by atoms with E-state index in [4.69, 9.17) is 5.73 Å². The number of nitrogens with two attached hydrogens (primary N) is 1. The molecule has 0 bridgehead atoms. The standard InChI is InChI=1S/C13H17FN2O/c1-8-10(3-2-4-11(8)14)9-5-6-16-12(7-9)13(15)17/h2-4,9,12,16H,5-7H2,1H3,(H2,15,17). The van der Waals surface area contributed by atoms with Crippen LogP contribution in [0.4, 0.5) is 4.39 Å². The first kappa shape index (κ1) is 12.0. The maximum absolute atomic E-state index is 13.5. The van der Waals surface area contributed by atoms with E-state index in [2.05, 4.69) is 5.32 Å². The molecule has 0 saturated carbocycles. The summed E-state index contributed by atoms with van der Waals surface area (Å²) in [4.78, 5) is 11.2. The molecule has 0 aromatic heterocycles. The molecule has 1 heterocycles. The molecular weight excluding hydrogens is 219 g/mol. The van der Waals surface area contributed by atoms with Crippen molar-refractivity contribution in [3.05, 3.63) is 35.1 Å². The Balaban J connectivity index is 2.22. The van der Waals surface area contributed by atoms with Crippen LogP contribution in [0.15, 0.2) is 18.2 Å². The molecule has 2 atom stereocenters. The lowest BCUT2D eigenvalue weighted by molar-refractivity contribution is -0.120. The second-order valence-corrected chi connectivity index (χ2v) is 4.58. The zero-order valence-corrected chi connectivity index (χ0v) is 9.87. The lowest BCUT2D eigenvalue weighted by atomic mass is 9.84. The number of benzene rings is 1. The van der Waals surface area contributed by atoms with Crippen molar-refractivity contribution in [3.8, 4) is 0 Å². The van der Waals surface area contributed by atoms with Crippen LogP contribution in [0.2, 0.25) is 0 Å². The highest BCUT2D eigenvalue weighted by atomic mass is 19.1. The number of primary amides is 1. The van der Waals surface area contributed by atoms with E-state index in [1.54, 1.807) is 13.0 Å². The predicted octanol–water partition coefficient (Wildman–Crippen LogP) is 1.46. The number of nitrogens with one attached hydrogen (secondary N) is 1. The predicted molar refractivity (Wildman–Crippen MR) is 64.1 cm³/mol. The van der Waals surface area contributed by atoms with Crippen LogP contribution in [0.5, 0.6) is 0 Å². The third kappa shape index (κ3) is 2.47. The first-order chi connectivity index (χ1) is 8.09. The fourth-order valence-electron chi connectivity index (χ4n) is 2.48. The Kier molecular flexibility index (Phi) is 3.43. The van der Waals surface area contributed by atoms with Crippen LogP contribution in [0.1, 0.15) is 29.9 Å². The van der Waals surface area contributed by atoms with Crippen molar-refractivity contribution in [2.45, 2.75) is 31.7 Å². The van der Waals surface area contributed by atoms with Crippen LogP contribution in [0.25, 0.3) is 0 Å². The number of carbonyl (C=O) groups is 1. The summed E-state index contributed by atoms with van der Waals surface area (Å²) in [6, 6.07) is 4.83. The summed E-state index contributed by atoms with van der Waals surface area (Å²) < 4.78 is 13.5.